The fourth-order valence-electron chi connectivity index (χ4n) is 1.80. The summed E-state index contributed by atoms with van der Waals surface area (Å²) in [5.74, 6) is 0. The van der Waals surface area contributed by atoms with Crippen molar-refractivity contribution >= 4 is 0 Å². The highest BCUT2D eigenvalue weighted by atomic mass is 15.0. The van der Waals surface area contributed by atoms with Crippen LogP contribution in [0.1, 0.15) is 51.7 Å². The minimum absolute atomic E-state index is 0.258. The lowest BCUT2D eigenvalue weighted by Crippen LogP contribution is -2.26. The lowest BCUT2D eigenvalue weighted by molar-refractivity contribution is 0.537. The van der Waals surface area contributed by atoms with Gasteiger partial charge in [-0.15, -0.1) is 0 Å². The van der Waals surface area contributed by atoms with Gasteiger partial charge < -0.3 is 5.32 Å². The van der Waals surface area contributed by atoms with Crippen LogP contribution in [0.4, 0.5) is 0 Å². The molecule has 0 aliphatic heterocycles. The Labute approximate surface area is 99.3 Å². The predicted octanol–water partition coefficient (Wildman–Crippen LogP) is 3.63. The molecule has 1 N–H and O–H groups in total. The number of benzene rings is 1. The van der Waals surface area contributed by atoms with Crippen molar-refractivity contribution in [1.82, 2.24) is 5.32 Å². The van der Waals surface area contributed by atoms with Crippen LogP contribution < -0.4 is 5.32 Å². The summed E-state index contributed by atoms with van der Waals surface area (Å²) in [4.78, 5) is 0. The van der Waals surface area contributed by atoms with Gasteiger partial charge in [0.15, 0.2) is 0 Å². The molecule has 1 nitrogen and oxygen atoms in total. The summed E-state index contributed by atoms with van der Waals surface area (Å²) in [5, 5.41) is 3.61. The molecule has 0 bridgehead atoms. The average Bonchev–Trinajstić information content (AvgIpc) is 2.94. The molecule has 0 atom stereocenters. The summed E-state index contributed by atoms with van der Waals surface area (Å²) < 4.78 is 0. The zero-order valence-corrected chi connectivity index (χ0v) is 10.9. The standard InChI is InChI=1S/C15H23N/c1-14(2,3)13-7-5-12(6-8-13)11-16-15(4)9-10-15/h5-8,16H,9-11H2,1-4H3. The molecule has 2 rings (SSSR count). The smallest absolute Gasteiger partial charge is 0.0210 e. The minimum atomic E-state index is 0.258. The van der Waals surface area contributed by atoms with Crippen molar-refractivity contribution < 1.29 is 0 Å². The molecule has 0 radical (unpaired) electrons. The average molecular weight is 217 g/mol. The van der Waals surface area contributed by atoms with Crippen LogP contribution in [0.3, 0.4) is 0 Å². The van der Waals surface area contributed by atoms with Crippen LogP contribution in [-0.4, -0.2) is 5.54 Å². The van der Waals surface area contributed by atoms with Crippen molar-refractivity contribution in [1.29, 1.82) is 0 Å². The van der Waals surface area contributed by atoms with E-state index >= 15 is 0 Å². The van der Waals surface area contributed by atoms with Gasteiger partial charge in [0, 0.05) is 12.1 Å². The molecular weight excluding hydrogens is 194 g/mol. The number of hydrogen-bond acceptors (Lipinski definition) is 1. The van der Waals surface area contributed by atoms with Crippen LogP contribution in [-0.2, 0) is 12.0 Å². The van der Waals surface area contributed by atoms with Gasteiger partial charge >= 0.3 is 0 Å². The maximum absolute atomic E-state index is 3.61. The zero-order chi connectivity index (χ0) is 11.8. The maximum Gasteiger partial charge on any atom is 0.0210 e. The first-order valence-electron chi connectivity index (χ1n) is 6.24. The van der Waals surface area contributed by atoms with Gasteiger partial charge in [0.2, 0.25) is 0 Å². The highest BCUT2D eigenvalue weighted by Crippen LogP contribution is 2.34. The Balaban J connectivity index is 1.96. The van der Waals surface area contributed by atoms with E-state index in [1.165, 1.54) is 24.0 Å². The van der Waals surface area contributed by atoms with Crippen molar-refractivity contribution in [3.05, 3.63) is 35.4 Å². The van der Waals surface area contributed by atoms with Crippen molar-refractivity contribution in [2.24, 2.45) is 0 Å². The predicted molar refractivity (Wildman–Crippen MR) is 69.6 cm³/mol. The van der Waals surface area contributed by atoms with Crippen LogP contribution in [0.25, 0.3) is 0 Å². The van der Waals surface area contributed by atoms with E-state index in [1.54, 1.807) is 0 Å². The Hall–Kier alpha value is -0.820. The summed E-state index contributed by atoms with van der Waals surface area (Å²) in [5.41, 5.74) is 3.49. The third-order valence-electron chi connectivity index (χ3n) is 3.54. The summed E-state index contributed by atoms with van der Waals surface area (Å²) in [6.45, 7) is 10.1. The topological polar surface area (TPSA) is 12.0 Å². The molecule has 16 heavy (non-hydrogen) atoms. The second kappa shape index (κ2) is 3.89. The number of nitrogens with one attached hydrogen (secondary N) is 1. The van der Waals surface area contributed by atoms with E-state index < -0.39 is 0 Å². The van der Waals surface area contributed by atoms with E-state index in [9.17, 15) is 0 Å². The second-order valence-electron chi connectivity index (χ2n) is 6.36. The fourth-order valence-corrected chi connectivity index (χ4v) is 1.80. The molecule has 1 saturated carbocycles. The summed E-state index contributed by atoms with van der Waals surface area (Å²) >= 11 is 0. The summed E-state index contributed by atoms with van der Waals surface area (Å²) in [6.07, 6.45) is 2.65. The molecule has 88 valence electrons. The first kappa shape index (κ1) is 11.7. The molecule has 1 aliphatic rings. The molecule has 0 amide bonds. The van der Waals surface area contributed by atoms with Gasteiger partial charge in [-0.05, 0) is 36.3 Å². The molecule has 1 aromatic carbocycles. The number of hydrogen-bond donors (Lipinski definition) is 1. The van der Waals surface area contributed by atoms with E-state index in [4.69, 9.17) is 0 Å². The Morgan fingerprint density at radius 3 is 2.12 bits per heavy atom. The van der Waals surface area contributed by atoms with Crippen molar-refractivity contribution in [2.75, 3.05) is 0 Å². The molecular formula is C15H23N. The summed E-state index contributed by atoms with van der Waals surface area (Å²) in [6, 6.07) is 9.01. The van der Waals surface area contributed by atoms with E-state index in [-0.39, 0.29) is 5.41 Å². The first-order valence-corrected chi connectivity index (χ1v) is 6.24. The minimum Gasteiger partial charge on any atom is -0.307 e. The Morgan fingerprint density at radius 2 is 1.69 bits per heavy atom. The van der Waals surface area contributed by atoms with Gasteiger partial charge in [-0.3, -0.25) is 0 Å². The van der Waals surface area contributed by atoms with Crippen molar-refractivity contribution in [3.8, 4) is 0 Å². The zero-order valence-electron chi connectivity index (χ0n) is 10.9. The summed E-state index contributed by atoms with van der Waals surface area (Å²) in [7, 11) is 0. The molecule has 1 heteroatoms. The highest BCUT2D eigenvalue weighted by Gasteiger charge is 2.36. The molecule has 0 unspecified atom stereocenters. The van der Waals surface area contributed by atoms with E-state index in [1.807, 2.05) is 0 Å². The van der Waals surface area contributed by atoms with Gasteiger partial charge in [0.05, 0.1) is 0 Å². The van der Waals surface area contributed by atoms with E-state index in [0.29, 0.717) is 5.54 Å². The Kier molecular flexibility index (Phi) is 2.83. The van der Waals surface area contributed by atoms with E-state index in [0.717, 1.165) is 6.54 Å². The SMILES string of the molecule is CC1(NCc2ccc(C(C)(C)C)cc2)CC1. The Bertz CT molecular complexity index is 352. The Morgan fingerprint density at radius 1 is 1.12 bits per heavy atom. The quantitative estimate of drug-likeness (QED) is 0.815. The van der Waals surface area contributed by atoms with Gasteiger partial charge in [0.1, 0.15) is 0 Å². The normalized spacial score (nSPS) is 18.5. The molecule has 1 fully saturated rings. The number of rotatable bonds is 3. The first-order chi connectivity index (χ1) is 7.39. The molecule has 0 heterocycles. The molecule has 0 spiro atoms. The van der Waals surface area contributed by atoms with Crippen LogP contribution >= 0.6 is 0 Å². The van der Waals surface area contributed by atoms with Crippen LogP contribution in [0.5, 0.6) is 0 Å². The third kappa shape index (κ3) is 2.85. The van der Waals surface area contributed by atoms with Gasteiger partial charge in [-0.2, -0.15) is 0 Å². The molecule has 0 aromatic heterocycles. The van der Waals surface area contributed by atoms with Crippen LogP contribution in [0, 0.1) is 0 Å². The fraction of sp³-hybridized carbons (Fsp3) is 0.600. The highest BCUT2D eigenvalue weighted by molar-refractivity contribution is 5.27. The van der Waals surface area contributed by atoms with Crippen molar-refractivity contribution in [2.45, 2.75) is 58.0 Å². The molecule has 1 aliphatic carbocycles. The van der Waals surface area contributed by atoms with Crippen LogP contribution in [0.2, 0.25) is 0 Å². The van der Waals surface area contributed by atoms with Gasteiger partial charge in [-0.25, -0.2) is 0 Å². The maximum atomic E-state index is 3.61. The monoisotopic (exact) mass is 217 g/mol. The third-order valence-corrected chi connectivity index (χ3v) is 3.54. The lowest BCUT2D eigenvalue weighted by Gasteiger charge is -2.19. The van der Waals surface area contributed by atoms with Crippen molar-refractivity contribution in [3.63, 3.8) is 0 Å². The van der Waals surface area contributed by atoms with E-state index in [2.05, 4.69) is 57.3 Å². The lowest BCUT2D eigenvalue weighted by atomic mass is 9.87. The second-order valence-corrected chi connectivity index (χ2v) is 6.36. The van der Waals surface area contributed by atoms with Crippen LogP contribution in [0.15, 0.2) is 24.3 Å². The van der Waals surface area contributed by atoms with Gasteiger partial charge in [-0.1, -0.05) is 45.0 Å². The molecule has 0 saturated heterocycles. The molecule has 1 aromatic rings. The van der Waals surface area contributed by atoms with Gasteiger partial charge in [0.25, 0.3) is 0 Å². The largest absolute Gasteiger partial charge is 0.307 e.